The molecule has 18 heavy (non-hydrogen) atoms. The summed E-state index contributed by atoms with van der Waals surface area (Å²) in [7, 11) is 1.40. The molecule has 1 aromatic heterocycles. The third kappa shape index (κ3) is 2.10. The van der Waals surface area contributed by atoms with Crippen LogP contribution in [0.5, 0.6) is 0 Å². The Morgan fingerprint density at radius 2 is 2.17 bits per heavy atom. The molecule has 0 amide bonds. The third-order valence-corrected chi connectivity index (χ3v) is 3.12. The summed E-state index contributed by atoms with van der Waals surface area (Å²) in [5.74, 6) is 0. The highest BCUT2D eigenvalue weighted by Crippen LogP contribution is 2.27. The minimum absolute atomic E-state index is 0.247. The van der Waals surface area contributed by atoms with Gasteiger partial charge in [0.05, 0.1) is 30.4 Å². The maximum Gasteiger partial charge on any atom is 0.325 e. The molecule has 0 saturated carbocycles. The van der Waals surface area contributed by atoms with E-state index in [0.29, 0.717) is 0 Å². The number of aliphatic hydroxyl groups is 2. The summed E-state index contributed by atoms with van der Waals surface area (Å²) in [4.78, 5) is 27.1. The number of aliphatic hydroxyl groups excluding tert-OH is 2. The minimum Gasteiger partial charge on any atom is -0.395 e. The smallest absolute Gasteiger partial charge is 0.325 e. The molecule has 8 heteroatoms. The van der Waals surface area contributed by atoms with Crippen molar-refractivity contribution in [3.63, 3.8) is 0 Å². The number of H-pyrrole nitrogens is 2. The van der Waals surface area contributed by atoms with Crippen molar-refractivity contribution in [2.24, 2.45) is 0 Å². The fourth-order valence-electron chi connectivity index (χ4n) is 2.20. The topological polar surface area (TPSA) is 127 Å². The molecule has 1 aliphatic heterocycles. The van der Waals surface area contributed by atoms with E-state index in [2.05, 4.69) is 15.3 Å². The number of methoxy groups -OCH3 is 1. The van der Waals surface area contributed by atoms with Crippen LogP contribution >= 0.6 is 0 Å². The first-order valence-corrected chi connectivity index (χ1v) is 5.48. The van der Waals surface area contributed by atoms with E-state index in [-0.39, 0.29) is 12.2 Å². The van der Waals surface area contributed by atoms with E-state index in [4.69, 9.17) is 9.84 Å². The Labute approximate surface area is 102 Å². The van der Waals surface area contributed by atoms with E-state index in [1.807, 2.05) is 0 Å². The van der Waals surface area contributed by atoms with Gasteiger partial charge in [-0.05, 0) is 0 Å². The highest BCUT2D eigenvalue weighted by atomic mass is 16.5. The van der Waals surface area contributed by atoms with Gasteiger partial charge in [0.25, 0.3) is 5.56 Å². The lowest BCUT2D eigenvalue weighted by molar-refractivity contribution is -0.00975. The zero-order valence-electron chi connectivity index (χ0n) is 9.71. The molecule has 0 spiro atoms. The average Bonchev–Trinajstić information content (AvgIpc) is 2.65. The van der Waals surface area contributed by atoms with Gasteiger partial charge in [-0.3, -0.25) is 15.1 Å². The van der Waals surface area contributed by atoms with Crippen molar-refractivity contribution in [2.45, 2.75) is 24.3 Å². The van der Waals surface area contributed by atoms with Crippen molar-refractivity contribution >= 4 is 0 Å². The van der Waals surface area contributed by atoms with Crippen molar-refractivity contribution < 1.29 is 14.9 Å². The number of aromatic nitrogens is 2. The first-order chi connectivity index (χ1) is 8.58. The predicted molar refractivity (Wildman–Crippen MR) is 61.2 cm³/mol. The van der Waals surface area contributed by atoms with Crippen LogP contribution in [0, 0.1) is 0 Å². The molecule has 1 aliphatic rings. The molecule has 1 aromatic rings. The summed E-state index contributed by atoms with van der Waals surface area (Å²) in [5.41, 5.74) is -0.907. The lowest BCUT2D eigenvalue weighted by Gasteiger charge is -2.19. The Morgan fingerprint density at radius 1 is 1.44 bits per heavy atom. The Hall–Kier alpha value is -1.48. The van der Waals surface area contributed by atoms with Crippen molar-refractivity contribution in [3.8, 4) is 0 Å². The molecule has 2 rings (SSSR count). The Kier molecular flexibility index (Phi) is 3.62. The van der Waals surface area contributed by atoms with Gasteiger partial charge in [0.15, 0.2) is 0 Å². The summed E-state index contributed by atoms with van der Waals surface area (Å²) in [6, 6.07) is -1.17. The van der Waals surface area contributed by atoms with Gasteiger partial charge in [0.1, 0.15) is 6.10 Å². The molecular weight excluding hydrogens is 242 g/mol. The molecule has 5 N–H and O–H groups in total. The molecule has 1 fully saturated rings. The molecule has 4 atom stereocenters. The van der Waals surface area contributed by atoms with Crippen molar-refractivity contribution in [3.05, 3.63) is 32.6 Å². The van der Waals surface area contributed by atoms with Crippen LogP contribution in [0.2, 0.25) is 0 Å². The van der Waals surface area contributed by atoms with Gasteiger partial charge in [-0.25, -0.2) is 4.79 Å². The fraction of sp³-hybridized carbons (Fsp3) is 0.600. The lowest BCUT2D eigenvalue weighted by atomic mass is 10.0. The van der Waals surface area contributed by atoms with Crippen molar-refractivity contribution in [1.82, 2.24) is 15.3 Å². The summed E-state index contributed by atoms with van der Waals surface area (Å²) in [6.07, 6.45) is -0.331. The first-order valence-electron chi connectivity index (χ1n) is 5.48. The third-order valence-electron chi connectivity index (χ3n) is 3.12. The van der Waals surface area contributed by atoms with Gasteiger partial charge in [-0.2, -0.15) is 0 Å². The first kappa shape index (κ1) is 13.0. The number of hydrogen-bond acceptors (Lipinski definition) is 6. The predicted octanol–water partition coefficient (Wildman–Crippen LogP) is -2.56. The molecule has 0 aliphatic carbocycles. The summed E-state index contributed by atoms with van der Waals surface area (Å²) in [6.45, 7) is -0.279. The maximum atomic E-state index is 11.7. The van der Waals surface area contributed by atoms with Gasteiger partial charge in [0.2, 0.25) is 0 Å². The molecule has 2 heterocycles. The maximum absolute atomic E-state index is 11.7. The van der Waals surface area contributed by atoms with Gasteiger partial charge in [-0.1, -0.05) is 0 Å². The molecular formula is C10H15N3O5. The zero-order chi connectivity index (χ0) is 13.3. The number of nitrogens with one attached hydrogen (secondary N) is 3. The van der Waals surface area contributed by atoms with Gasteiger partial charge >= 0.3 is 5.69 Å². The summed E-state index contributed by atoms with van der Waals surface area (Å²) in [5, 5.41) is 21.9. The molecule has 0 aromatic carbocycles. The van der Waals surface area contributed by atoms with Crippen LogP contribution in [0.25, 0.3) is 0 Å². The molecule has 8 nitrogen and oxygen atoms in total. The molecule has 0 radical (unpaired) electrons. The summed E-state index contributed by atoms with van der Waals surface area (Å²) < 4.78 is 5.14. The van der Waals surface area contributed by atoms with Gasteiger partial charge < -0.3 is 19.9 Å². The second kappa shape index (κ2) is 5.02. The Morgan fingerprint density at radius 3 is 2.72 bits per heavy atom. The fourth-order valence-corrected chi connectivity index (χ4v) is 2.20. The van der Waals surface area contributed by atoms with Gasteiger partial charge in [-0.15, -0.1) is 0 Å². The SMILES string of the molecule is COC1C(c2c[nH]c(=O)[nH]c2=O)NC(CO)C1O. The van der Waals surface area contributed by atoms with Crippen molar-refractivity contribution in [2.75, 3.05) is 13.7 Å². The number of aromatic amines is 2. The monoisotopic (exact) mass is 257 g/mol. The second-order valence-corrected chi connectivity index (χ2v) is 4.15. The van der Waals surface area contributed by atoms with Gasteiger partial charge in [0, 0.05) is 13.3 Å². The standard InChI is InChI=1S/C10H15N3O5/c1-18-8-6(12-5(3-14)7(8)15)4-2-11-10(17)13-9(4)16/h2,5-8,12,14-15H,3H2,1H3,(H2,11,13,16,17). The van der Waals surface area contributed by atoms with Crippen LogP contribution in [-0.4, -0.2) is 52.1 Å². The van der Waals surface area contributed by atoms with Crippen LogP contribution in [0.3, 0.4) is 0 Å². The zero-order valence-corrected chi connectivity index (χ0v) is 9.71. The normalized spacial score (nSPS) is 31.7. The van der Waals surface area contributed by atoms with Crippen LogP contribution < -0.4 is 16.6 Å². The minimum atomic E-state index is -0.934. The lowest BCUT2D eigenvalue weighted by Crippen LogP contribution is -2.36. The van der Waals surface area contributed by atoms with E-state index >= 15 is 0 Å². The largest absolute Gasteiger partial charge is 0.395 e. The molecule has 1 saturated heterocycles. The average molecular weight is 257 g/mol. The Bertz CT molecular complexity index is 525. The highest BCUT2D eigenvalue weighted by Gasteiger charge is 2.43. The van der Waals surface area contributed by atoms with E-state index in [9.17, 15) is 14.7 Å². The molecule has 0 bridgehead atoms. The number of rotatable bonds is 3. The highest BCUT2D eigenvalue weighted by molar-refractivity contribution is 5.17. The van der Waals surface area contributed by atoms with E-state index in [1.54, 1.807) is 0 Å². The Balaban J connectivity index is 2.38. The van der Waals surface area contributed by atoms with Crippen LogP contribution in [0.4, 0.5) is 0 Å². The van der Waals surface area contributed by atoms with Crippen LogP contribution in [0.15, 0.2) is 15.8 Å². The molecule has 100 valence electrons. The van der Waals surface area contributed by atoms with E-state index < -0.39 is 35.5 Å². The second-order valence-electron chi connectivity index (χ2n) is 4.15. The molecule has 4 unspecified atom stereocenters. The van der Waals surface area contributed by atoms with Crippen molar-refractivity contribution in [1.29, 1.82) is 0 Å². The van der Waals surface area contributed by atoms with E-state index in [1.165, 1.54) is 13.3 Å². The summed E-state index contributed by atoms with van der Waals surface area (Å²) >= 11 is 0. The quantitative estimate of drug-likeness (QED) is 0.405. The number of ether oxygens (including phenoxy) is 1. The number of hydrogen-bond donors (Lipinski definition) is 5. The van der Waals surface area contributed by atoms with E-state index in [0.717, 1.165) is 0 Å². The van der Waals surface area contributed by atoms with Crippen LogP contribution in [0.1, 0.15) is 11.6 Å². The van der Waals surface area contributed by atoms with Crippen LogP contribution in [-0.2, 0) is 4.74 Å².